The molecule has 1 N–H and O–H groups in total. The first kappa shape index (κ1) is 14.6. The van der Waals surface area contributed by atoms with Crippen molar-refractivity contribution in [1.29, 1.82) is 0 Å². The third kappa shape index (κ3) is 5.77. The standard InChI is InChI=1S/C14H22N2O2/c1-14(2,9-13(17)18)11-16(3)8-6-12-5-4-7-15-10-12/h4-5,7,10H,6,8-9,11H2,1-3H3,(H,17,18). The molecule has 18 heavy (non-hydrogen) atoms. The van der Waals surface area contributed by atoms with Gasteiger partial charge in [0.05, 0.1) is 6.42 Å². The molecule has 0 aromatic carbocycles. The summed E-state index contributed by atoms with van der Waals surface area (Å²) in [6, 6.07) is 3.99. The van der Waals surface area contributed by atoms with Crippen molar-refractivity contribution in [3.05, 3.63) is 30.1 Å². The SMILES string of the molecule is CN(CCc1cccnc1)CC(C)(C)CC(=O)O. The zero-order valence-corrected chi connectivity index (χ0v) is 11.4. The van der Waals surface area contributed by atoms with Gasteiger partial charge in [0.1, 0.15) is 0 Å². The van der Waals surface area contributed by atoms with E-state index in [0.29, 0.717) is 0 Å². The number of carboxylic acid groups (broad SMARTS) is 1. The molecular weight excluding hydrogens is 228 g/mol. The highest BCUT2D eigenvalue weighted by molar-refractivity contribution is 5.67. The molecule has 0 fully saturated rings. The van der Waals surface area contributed by atoms with E-state index in [1.54, 1.807) is 6.20 Å². The predicted molar refractivity (Wildman–Crippen MR) is 71.5 cm³/mol. The van der Waals surface area contributed by atoms with Gasteiger partial charge in [-0.15, -0.1) is 0 Å². The molecule has 1 aromatic rings. The highest BCUT2D eigenvalue weighted by Crippen LogP contribution is 2.21. The quantitative estimate of drug-likeness (QED) is 0.804. The number of nitrogens with zero attached hydrogens (tertiary/aromatic N) is 2. The summed E-state index contributed by atoms with van der Waals surface area (Å²) in [6.45, 7) is 5.66. The molecule has 0 saturated heterocycles. The van der Waals surface area contributed by atoms with Crippen LogP contribution in [-0.2, 0) is 11.2 Å². The van der Waals surface area contributed by atoms with Gasteiger partial charge in [-0.05, 0) is 30.5 Å². The third-order valence-corrected chi connectivity index (χ3v) is 2.83. The first-order valence-corrected chi connectivity index (χ1v) is 6.18. The molecule has 0 aliphatic carbocycles. The van der Waals surface area contributed by atoms with Gasteiger partial charge in [-0.3, -0.25) is 9.78 Å². The van der Waals surface area contributed by atoms with Crippen molar-refractivity contribution in [3.8, 4) is 0 Å². The molecule has 1 rings (SSSR count). The summed E-state index contributed by atoms with van der Waals surface area (Å²) in [7, 11) is 2.03. The zero-order chi connectivity index (χ0) is 13.6. The number of aliphatic carboxylic acids is 1. The zero-order valence-electron chi connectivity index (χ0n) is 11.4. The summed E-state index contributed by atoms with van der Waals surface area (Å²) in [4.78, 5) is 17.0. The molecule has 4 nitrogen and oxygen atoms in total. The molecule has 0 radical (unpaired) electrons. The third-order valence-electron chi connectivity index (χ3n) is 2.83. The van der Waals surface area contributed by atoms with E-state index >= 15 is 0 Å². The van der Waals surface area contributed by atoms with E-state index in [-0.39, 0.29) is 11.8 Å². The molecule has 0 aliphatic heterocycles. The maximum atomic E-state index is 10.7. The summed E-state index contributed by atoms with van der Waals surface area (Å²) >= 11 is 0. The van der Waals surface area contributed by atoms with E-state index in [0.717, 1.165) is 19.5 Å². The topological polar surface area (TPSA) is 53.4 Å². The van der Waals surface area contributed by atoms with Crippen LogP contribution in [0.25, 0.3) is 0 Å². The monoisotopic (exact) mass is 250 g/mol. The maximum Gasteiger partial charge on any atom is 0.303 e. The number of hydrogen-bond donors (Lipinski definition) is 1. The molecule has 0 aliphatic rings. The molecule has 100 valence electrons. The summed E-state index contributed by atoms with van der Waals surface area (Å²) < 4.78 is 0. The fraction of sp³-hybridized carbons (Fsp3) is 0.571. The molecule has 0 atom stereocenters. The molecule has 0 amide bonds. The van der Waals surface area contributed by atoms with Crippen molar-refractivity contribution in [2.75, 3.05) is 20.1 Å². The van der Waals surface area contributed by atoms with Crippen LogP contribution in [0, 0.1) is 5.41 Å². The number of hydrogen-bond acceptors (Lipinski definition) is 3. The second-order valence-electron chi connectivity index (χ2n) is 5.58. The van der Waals surface area contributed by atoms with Crippen molar-refractivity contribution in [2.45, 2.75) is 26.7 Å². The Morgan fingerprint density at radius 3 is 2.78 bits per heavy atom. The van der Waals surface area contributed by atoms with Gasteiger partial charge < -0.3 is 10.0 Å². The van der Waals surface area contributed by atoms with Crippen LogP contribution in [-0.4, -0.2) is 41.1 Å². The highest BCUT2D eigenvalue weighted by Gasteiger charge is 2.23. The summed E-state index contributed by atoms with van der Waals surface area (Å²) in [5.41, 5.74) is 1.01. The molecule has 0 unspecified atom stereocenters. The minimum absolute atomic E-state index is 0.199. The number of carboxylic acids is 1. The van der Waals surface area contributed by atoms with E-state index in [9.17, 15) is 4.79 Å². The first-order chi connectivity index (χ1) is 8.39. The van der Waals surface area contributed by atoms with Crippen molar-refractivity contribution in [2.24, 2.45) is 5.41 Å². The van der Waals surface area contributed by atoms with Crippen molar-refractivity contribution in [3.63, 3.8) is 0 Å². The Morgan fingerprint density at radius 1 is 1.50 bits per heavy atom. The Kier molecular flexibility index (Phi) is 5.28. The predicted octanol–water partition coefficient (Wildman–Crippen LogP) is 2.06. The first-order valence-electron chi connectivity index (χ1n) is 6.18. The Labute approximate surface area is 109 Å². The Bertz CT molecular complexity index is 377. The van der Waals surface area contributed by atoms with Gasteiger partial charge in [-0.1, -0.05) is 19.9 Å². The van der Waals surface area contributed by atoms with Crippen LogP contribution in [0.2, 0.25) is 0 Å². The molecule has 0 saturated carbocycles. The number of rotatable bonds is 7. The molecule has 0 bridgehead atoms. The second-order valence-corrected chi connectivity index (χ2v) is 5.58. The smallest absolute Gasteiger partial charge is 0.303 e. The van der Waals surface area contributed by atoms with Crippen molar-refractivity contribution in [1.82, 2.24) is 9.88 Å². The van der Waals surface area contributed by atoms with Crippen LogP contribution < -0.4 is 0 Å². The van der Waals surface area contributed by atoms with Crippen LogP contribution in [0.4, 0.5) is 0 Å². The molecular formula is C14H22N2O2. The van der Waals surface area contributed by atoms with Crippen LogP contribution in [0.5, 0.6) is 0 Å². The fourth-order valence-electron chi connectivity index (χ4n) is 2.14. The highest BCUT2D eigenvalue weighted by atomic mass is 16.4. The number of aromatic nitrogens is 1. The lowest BCUT2D eigenvalue weighted by Crippen LogP contribution is -2.34. The lowest BCUT2D eigenvalue weighted by Gasteiger charge is -2.28. The Morgan fingerprint density at radius 2 is 2.22 bits per heavy atom. The lowest BCUT2D eigenvalue weighted by atomic mass is 9.89. The minimum atomic E-state index is -0.736. The maximum absolute atomic E-state index is 10.7. The van der Waals surface area contributed by atoms with Crippen LogP contribution >= 0.6 is 0 Å². The van der Waals surface area contributed by atoms with Gasteiger partial charge in [0, 0.05) is 25.5 Å². The normalized spacial score (nSPS) is 11.8. The Hall–Kier alpha value is -1.42. The molecule has 1 aromatic heterocycles. The molecule has 1 heterocycles. The van der Waals surface area contributed by atoms with Crippen LogP contribution in [0.15, 0.2) is 24.5 Å². The van der Waals surface area contributed by atoms with E-state index in [1.165, 1.54) is 5.56 Å². The van der Waals surface area contributed by atoms with Gasteiger partial charge in [0.2, 0.25) is 0 Å². The van der Waals surface area contributed by atoms with Gasteiger partial charge >= 0.3 is 5.97 Å². The van der Waals surface area contributed by atoms with Crippen LogP contribution in [0.1, 0.15) is 25.8 Å². The van der Waals surface area contributed by atoms with Gasteiger partial charge in [0.25, 0.3) is 0 Å². The second kappa shape index (κ2) is 6.50. The lowest BCUT2D eigenvalue weighted by molar-refractivity contribution is -0.139. The molecule has 4 heteroatoms. The largest absolute Gasteiger partial charge is 0.481 e. The molecule has 0 spiro atoms. The van der Waals surface area contributed by atoms with E-state index in [4.69, 9.17) is 5.11 Å². The number of pyridine rings is 1. The van der Waals surface area contributed by atoms with Gasteiger partial charge in [-0.2, -0.15) is 0 Å². The number of likely N-dealkylation sites (N-methyl/N-ethyl adjacent to an activating group) is 1. The van der Waals surface area contributed by atoms with Gasteiger partial charge in [0.15, 0.2) is 0 Å². The van der Waals surface area contributed by atoms with E-state index in [2.05, 4.69) is 16.0 Å². The van der Waals surface area contributed by atoms with Gasteiger partial charge in [-0.25, -0.2) is 0 Å². The van der Waals surface area contributed by atoms with E-state index in [1.807, 2.05) is 33.2 Å². The average Bonchev–Trinajstić information content (AvgIpc) is 2.25. The van der Waals surface area contributed by atoms with E-state index < -0.39 is 5.97 Å². The summed E-state index contributed by atoms with van der Waals surface area (Å²) in [5.74, 6) is -0.736. The van der Waals surface area contributed by atoms with Crippen molar-refractivity contribution < 1.29 is 9.90 Å². The summed E-state index contributed by atoms with van der Waals surface area (Å²) in [5, 5.41) is 8.84. The fourth-order valence-corrected chi connectivity index (χ4v) is 2.14. The average molecular weight is 250 g/mol. The van der Waals surface area contributed by atoms with Crippen LogP contribution in [0.3, 0.4) is 0 Å². The Balaban J connectivity index is 2.37. The summed E-state index contributed by atoms with van der Waals surface area (Å²) in [6.07, 6.45) is 4.77. The number of carbonyl (C=O) groups is 1. The van der Waals surface area contributed by atoms with Crippen molar-refractivity contribution >= 4 is 5.97 Å². The minimum Gasteiger partial charge on any atom is -0.481 e.